The monoisotopic (exact) mass is 428 g/mol. The molecule has 2 aromatic carbocycles. The average molecular weight is 429 g/mol. The molecule has 0 aliphatic carbocycles. The van der Waals surface area contributed by atoms with E-state index in [0.29, 0.717) is 29.6 Å². The highest BCUT2D eigenvalue weighted by Crippen LogP contribution is 2.23. The molecule has 0 aliphatic rings. The number of carbonyl (C=O) groups is 1. The molecule has 1 aromatic heterocycles. The van der Waals surface area contributed by atoms with Crippen LogP contribution in [-0.4, -0.2) is 10.9 Å². The van der Waals surface area contributed by atoms with E-state index in [0.717, 1.165) is 35.3 Å². The third kappa shape index (κ3) is 7.08. The maximum Gasteiger partial charge on any atom is 0.220 e. The first-order valence-electron chi connectivity index (χ1n) is 9.41. The van der Waals surface area contributed by atoms with E-state index in [1.165, 1.54) is 0 Å². The lowest BCUT2D eigenvalue weighted by atomic mass is 10.1. The molecule has 0 atom stereocenters. The Kier molecular flexibility index (Phi) is 7.91. The van der Waals surface area contributed by atoms with Crippen molar-refractivity contribution in [3.05, 3.63) is 93.7 Å². The summed E-state index contributed by atoms with van der Waals surface area (Å²) in [6.07, 6.45) is 5.52. The Hall–Kier alpha value is -2.56. The SMILES string of the molecule is O=C(CCCc1ccc(Cl)c(Cl)c1)NCc1ccc(OCc2cccnc2)cc1. The standard InChI is InChI=1S/C23H22Cl2N2O2/c24-21-11-8-17(13-22(21)25)3-1-5-23(28)27-15-18-6-9-20(10-7-18)29-16-19-4-2-12-26-14-19/h2,4,6-14H,1,3,5,15-16H2,(H,27,28). The van der Waals surface area contributed by atoms with Gasteiger partial charge in [0.15, 0.2) is 0 Å². The predicted octanol–water partition coefficient (Wildman–Crippen LogP) is 5.61. The summed E-state index contributed by atoms with van der Waals surface area (Å²) in [5, 5.41) is 4.03. The summed E-state index contributed by atoms with van der Waals surface area (Å²) in [5.41, 5.74) is 3.12. The van der Waals surface area contributed by atoms with Crippen LogP contribution in [0.25, 0.3) is 0 Å². The van der Waals surface area contributed by atoms with E-state index in [-0.39, 0.29) is 5.91 Å². The van der Waals surface area contributed by atoms with Gasteiger partial charge in [-0.25, -0.2) is 0 Å². The number of hydrogen-bond donors (Lipinski definition) is 1. The number of nitrogens with zero attached hydrogens (tertiary/aromatic N) is 1. The molecule has 0 unspecified atom stereocenters. The predicted molar refractivity (Wildman–Crippen MR) is 116 cm³/mol. The number of halogens is 2. The van der Waals surface area contributed by atoms with Crippen molar-refractivity contribution < 1.29 is 9.53 Å². The molecule has 0 saturated carbocycles. The van der Waals surface area contributed by atoms with Crippen LogP contribution in [0, 0.1) is 0 Å². The quantitative estimate of drug-likeness (QED) is 0.481. The number of pyridine rings is 1. The zero-order valence-corrected chi connectivity index (χ0v) is 17.4. The molecular weight excluding hydrogens is 407 g/mol. The van der Waals surface area contributed by atoms with Crippen LogP contribution in [0.2, 0.25) is 10.0 Å². The molecule has 0 saturated heterocycles. The van der Waals surface area contributed by atoms with Crippen LogP contribution in [0.3, 0.4) is 0 Å². The minimum atomic E-state index is 0.0296. The van der Waals surface area contributed by atoms with Crippen LogP contribution in [0.5, 0.6) is 5.75 Å². The summed E-state index contributed by atoms with van der Waals surface area (Å²) in [6.45, 7) is 0.969. The third-order valence-corrected chi connectivity index (χ3v) is 5.13. The van der Waals surface area contributed by atoms with Crippen LogP contribution in [0.1, 0.15) is 29.5 Å². The molecule has 3 rings (SSSR count). The summed E-state index contributed by atoms with van der Waals surface area (Å²) >= 11 is 11.9. The van der Waals surface area contributed by atoms with Crippen molar-refractivity contribution in [3.63, 3.8) is 0 Å². The lowest BCUT2D eigenvalue weighted by Gasteiger charge is -2.08. The van der Waals surface area contributed by atoms with E-state index < -0.39 is 0 Å². The third-order valence-electron chi connectivity index (χ3n) is 4.39. The van der Waals surface area contributed by atoms with Gasteiger partial charge in [0.05, 0.1) is 10.0 Å². The van der Waals surface area contributed by atoms with Crippen LogP contribution in [0.4, 0.5) is 0 Å². The maximum atomic E-state index is 12.1. The fourth-order valence-electron chi connectivity index (χ4n) is 2.79. The zero-order chi connectivity index (χ0) is 20.5. The average Bonchev–Trinajstić information content (AvgIpc) is 2.75. The summed E-state index contributed by atoms with van der Waals surface area (Å²) < 4.78 is 5.74. The Balaban J connectivity index is 1.36. The summed E-state index contributed by atoms with van der Waals surface area (Å²) in [5.74, 6) is 0.813. The number of amides is 1. The zero-order valence-electron chi connectivity index (χ0n) is 15.9. The Morgan fingerprint density at radius 3 is 2.48 bits per heavy atom. The number of benzene rings is 2. The second-order valence-electron chi connectivity index (χ2n) is 6.67. The van der Waals surface area contributed by atoms with E-state index in [2.05, 4.69) is 10.3 Å². The Labute approximate surface area is 180 Å². The molecule has 3 aromatic rings. The van der Waals surface area contributed by atoms with Crippen LogP contribution in [-0.2, 0) is 24.4 Å². The van der Waals surface area contributed by atoms with Gasteiger partial charge in [-0.3, -0.25) is 9.78 Å². The summed E-state index contributed by atoms with van der Waals surface area (Å²) in [4.78, 5) is 16.1. The van der Waals surface area contributed by atoms with Crippen molar-refractivity contribution in [3.8, 4) is 5.75 Å². The minimum Gasteiger partial charge on any atom is -0.489 e. The first-order chi connectivity index (χ1) is 14.1. The molecule has 0 aliphatic heterocycles. The van der Waals surface area contributed by atoms with Crippen LogP contribution >= 0.6 is 23.2 Å². The van der Waals surface area contributed by atoms with E-state index >= 15 is 0 Å². The molecule has 1 heterocycles. The number of rotatable bonds is 9. The second kappa shape index (κ2) is 10.8. The highest BCUT2D eigenvalue weighted by atomic mass is 35.5. The Morgan fingerprint density at radius 2 is 1.76 bits per heavy atom. The van der Waals surface area contributed by atoms with Gasteiger partial charge in [0.25, 0.3) is 0 Å². The maximum absolute atomic E-state index is 12.1. The Morgan fingerprint density at radius 1 is 0.966 bits per heavy atom. The van der Waals surface area contributed by atoms with Gasteiger partial charge in [0, 0.05) is 30.9 Å². The topological polar surface area (TPSA) is 51.2 Å². The van der Waals surface area contributed by atoms with Gasteiger partial charge >= 0.3 is 0 Å². The van der Waals surface area contributed by atoms with Crippen LogP contribution < -0.4 is 10.1 Å². The molecule has 4 nitrogen and oxygen atoms in total. The van der Waals surface area contributed by atoms with E-state index in [4.69, 9.17) is 27.9 Å². The van der Waals surface area contributed by atoms with Crippen molar-refractivity contribution in [2.24, 2.45) is 0 Å². The molecule has 1 amide bonds. The molecular formula is C23H22Cl2N2O2. The molecule has 6 heteroatoms. The number of aryl methyl sites for hydroxylation is 1. The first-order valence-corrected chi connectivity index (χ1v) is 10.2. The van der Waals surface area contributed by atoms with Crippen molar-refractivity contribution in [1.82, 2.24) is 10.3 Å². The fourth-order valence-corrected chi connectivity index (χ4v) is 3.11. The molecule has 0 fully saturated rings. The van der Waals surface area contributed by atoms with E-state index in [1.807, 2.05) is 48.5 Å². The number of ether oxygens (including phenoxy) is 1. The highest BCUT2D eigenvalue weighted by molar-refractivity contribution is 6.42. The molecule has 1 N–H and O–H groups in total. The van der Waals surface area contributed by atoms with Gasteiger partial charge in [-0.05, 0) is 54.3 Å². The number of aromatic nitrogens is 1. The number of carbonyl (C=O) groups excluding carboxylic acids is 1. The molecule has 29 heavy (non-hydrogen) atoms. The molecule has 150 valence electrons. The number of hydrogen-bond acceptors (Lipinski definition) is 3. The first kappa shape index (κ1) is 21.2. The van der Waals surface area contributed by atoms with Crippen molar-refractivity contribution in [2.45, 2.75) is 32.4 Å². The summed E-state index contributed by atoms with van der Waals surface area (Å²) in [6, 6.07) is 17.1. The van der Waals surface area contributed by atoms with Gasteiger partial charge in [0.2, 0.25) is 5.91 Å². The highest BCUT2D eigenvalue weighted by Gasteiger charge is 2.04. The van der Waals surface area contributed by atoms with Gasteiger partial charge in [-0.1, -0.05) is 47.5 Å². The largest absolute Gasteiger partial charge is 0.489 e. The lowest BCUT2D eigenvalue weighted by molar-refractivity contribution is -0.121. The lowest BCUT2D eigenvalue weighted by Crippen LogP contribution is -2.22. The van der Waals surface area contributed by atoms with E-state index in [9.17, 15) is 4.79 Å². The van der Waals surface area contributed by atoms with Gasteiger partial charge in [0.1, 0.15) is 12.4 Å². The minimum absolute atomic E-state index is 0.0296. The van der Waals surface area contributed by atoms with Gasteiger partial charge in [-0.15, -0.1) is 0 Å². The van der Waals surface area contributed by atoms with Crippen LogP contribution in [0.15, 0.2) is 67.0 Å². The van der Waals surface area contributed by atoms with Crippen molar-refractivity contribution >= 4 is 29.1 Å². The smallest absolute Gasteiger partial charge is 0.220 e. The number of nitrogens with one attached hydrogen (secondary N) is 1. The normalized spacial score (nSPS) is 10.6. The van der Waals surface area contributed by atoms with Gasteiger partial charge in [-0.2, -0.15) is 0 Å². The second-order valence-corrected chi connectivity index (χ2v) is 7.49. The van der Waals surface area contributed by atoms with Crippen molar-refractivity contribution in [1.29, 1.82) is 0 Å². The Bertz CT molecular complexity index is 931. The molecule has 0 radical (unpaired) electrons. The molecule has 0 bridgehead atoms. The van der Waals surface area contributed by atoms with Crippen molar-refractivity contribution in [2.75, 3.05) is 0 Å². The fraction of sp³-hybridized carbons (Fsp3) is 0.217. The van der Waals surface area contributed by atoms with E-state index in [1.54, 1.807) is 18.5 Å². The van der Waals surface area contributed by atoms with Gasteiger partial charge < -0.3 is 10.1 Å². The molecule has 0 spiro atoms. The summed E-state index contributed by atoms with van der Waals surface area (Å²) in [7, 11) is 0.